The first-order valence-corrected chi connectivity index (χ1v) is 3.83. The average molecular weight is 170 g/mol. The molecule has 0 saturated heterocycles. The Balaban J connectivity index is 2.83. The second-order valence-corrected chi connectivity index (χ2v) is 2.84. The molecule has 1 rings (SSSR count). The topological polar surface area (TPSA) is 38.7 Å². The Hall–Kier alpha value is -0.800. The van der Waals surface area contributed by atoms with Gasteiger partial charge in [-0.05, 0) is 24.6 Å². The zero-order valence-electron chi connectivity index (χ0n) is 7.57. The van der Waals surface area contributed by atoms with Gasteiger partial charge in [0.1, 0.15) is 18.0 Å². The number of hydrogen-bond acceptors (Lipinski definition) is 3. The Morgan fingerprint density at radius 2 is 2.00 bits per heavy atom. The van der Waals surface area contributed by atoms with Crippen LogP contribution in [-0.4, -0.2) is 31.5 Å². The van der Waals surface area contributed by atoms with E-state index in [1.165, 1.54) is 0 Å². The number of hydrogen-bond donors (Lipinski definition) is 1. The highest BCUT2D eigenvalue weighted by Gasteiger charge is 2.25. The summed E-state index contributed by atoms with van der Waals surface area (Å²) in [6.45, 7) is 1.91. The van der Waals surface area contributed by atoms with E-state index in [-0.39, 0.29) is 18.0 Å². The molecule has 1 aliphatic carbocycles. The Morgan fingerprint density at radius 1 is 1.33 bits per heavy atom. The van der Waals surface area contributed by atoms with Crippen molar-refractivity contribution in [2.24, 2.45) is 0 Å². The molecular formula is C9H14O3. The SMILES string of the molecule is COC1C(O)=CC(C)=C[C@@H]1OC. The van der Waals surface area contributed by atoms with Gasteiger partial charge in [-0.25, -0.2) is 0 Å². The van der Waals surface area contributed by atoms with Crippen molar-refractivity contribution < 1.29 is 14.6 Å². The van der Waals surface area contributed by atoms with E-state index in [2.05, 4.69) is 0 Å². The van der Waals surface area contributed by atoms with Crippen LogP contribution in [0.15, 0.2) is 23.5 Å². The second-order valence-electron chi connectivity index (χ2n) is 2.84. The molecule has 12 heavy (non-hydrogen) atoms. The van der Waals surface area contributed by atoms with Gasteiger partial charge in [0.25, 0.3) is 0 Å². The minimum absolute atomic E-state index is 0.181. The van der Waals surface area contributed by atoms with E-state index in [1.807, 2.05) is 13.0 Å². The van der Waals surface area contributed by atoms with Gasteiger partial charge in [0.15, 0.2) is 0 Å². The van der Waals surface area contributed by atoms with Gasteiger partial charge >= 0.3 is 0 Å². The fraction of sp³-hybridized carbons (Fsp3) is 0.556. The van der Waals surface area contributed by atoms with Crippen LogP contribution in [0.25, 0.3) is 0 Å². The zero-order chi connectivity index (χ0) is 9.14. The van der Waals surface area contributed by atoms with Crippen LogP contribution in [0.1, 0.15) is 6.92 Å². The van der Waals surface area contributed by atoms with Gasteiger partial charge in [-0.3, -0.25) is 0 Å². The van der Waals surface area contributed by atoms with Crippen LogP contribution in [0.2, 0.25) is 0 Å². The first-order valence-electron chi connectivity index (χ1n) is 3.83. The van der Waals surface area contributed by atoms with E-state index in [1.54, 1.807) is 20.3 Å². The number of allylic oxidation sites excluding steroid dienone is 2. The van der Waals surface area contributed by atoms with Gasteiger partial charge in [-0.2, -0.15) is 0 Å². The Labute approximate surface area is 72.3 Å². The number of rotatable bonds is 2. The molecule has 0 aromatic rings. The third-order valence-electron chi connectivity index (χ3n) is 1.92. The standard InChI is InChI=1S/C9H14O3/c1-6-4-7(10)9(12-3)8(5-6)11-2/h4-5,8-10H,1-3H3/t8-,9?/m0/s1. The largest absolute Gasteiger partial charge is 0.509 e. The molecule has 0 radical (unpaired) electrons. The molecule has 68 valence electrons. The molecule has 2 atom stereocenters. The van der Waals surface area contributed by atoms with Crippen LogP contribution in [-0.2, 0) is 9.47 Å². The smallest absolute Gasteiger partial charge is 0.143 e. The molecule has 0 fully saturated rings. The molecule has 0 aromatic heterocycles. The average Bonchev–Trinajstić information content (AvgIpc) is 2.03. The summed E-state index contributed by atoms with van der Waals surface area (Å²) in [4.78, 5) is 0. The summed E-state index contributed by atoms with van der Waals surface area (Å²) in [7, 11) is 3.15. The highest BCUT2D eigenvalue weighted by Crippen LogP contribution is 2.20. The van der Waals surface area contributed by atoms with Crippen LogP contribution in [0, 0.1) is 0 Å². The van der Waals surface area contributed by atoms with Gasteiger partial charge in [-0.15, -0.1) is 0 Å². The maximum atomic E-state index is 9.46. The summed E-state index contributed by atoms with van der Waals surface area (Å²) in [5, 5.41) is 9.46. The summed E-state index contributed by atoms with van der Waals surface area (Å²) in [5.74, 6) is 0.226. The van der Waals surface area contributed by atoms with E-state index in [0.29, 0.717) is 0 Å². The third-order valence-corrected chi connectivity index (χ3v) is 1.92. The van der Waals surface area contributed by atoms with Gasteiger partial charge < -0.3 is 14.6 Å². The van der Waals surface area contributed by atoms with Crippen LogP contribution in [0.4, 0.5) is 0 Å². The van der Waals surface area contributed by atoms with Crippen LogP contribution in [0.5, 0.6) is 0 Å². The van der Waals surface area contributed by atoms with Crippen LogP contribution in [0.3, 0.4) is 0 Å². The predicted molar refractivity (Wildman–Crippen MR) is 46.1 cm³/mol. The molecule has 1 aliphatic rings. The molecule has 0 spiro atoms. The first-order chi connectivity index (χ1) is 5.69. The summed E-state index contributed by atoms with van der Waals surface area (Å²) >= 11 is 0. The number of aliphatic hydroxyl groups is 1. The Bertz CT molecular complexity index is 218. The monoisotopic (exact) mass is 170 g/mol. The fourth-order valence-electron chi connectivity index (χ4n) is 1.32. The minimum atomic E-state index is -0.362. The second kappa shape index (κ2) is 3.74. The normalized spacial score (nSPS) is 29.6. The molecule has 0 heterocycles. The molecular weight excluding hydrogens is 156 g/mol. The summed E-state index contributed by atoms with van der Waals surface area (Å²) in [5.41, 5.74) is 0.993. The number of aliphatic hydroxyl groups excluding tert-OH is 1. The summed E-state index contributed by atoms with van der Waals surface area (Å²) in [6.07, 6.45) is 3.07. The summed E-state index contributed by atoms with van der Waals surface area (Å²) in [6, 6.07) is 0. The number of ether oxygens (including phenoxy) is 2. The fourth-order valence-corrected chi connectivity index (χ4v) is 1.32. The third kappa shape index (κ3) is 1.68. The molecule has 0 aliphatic heterocycles. The number of methoxy groups -OCH3 is 2. The van der Waals surface area contributed by atoms with Crippen molar-refractivity contribution >= 4 is 0 Å². The van der Waals surface area contributed by atoms with E-state index >= 15 is 0 Å². The van der Waals surface area contributed by atoms with E-state index in [4.69, 9.17) is 9.47 Å². The lowest BCUT2D eigenvalue weighted by Crippen LogP contribution is -2.32. The van der Waals surface area contributed by atoms with Crippen molar-refractivity contribution in [3.8, 4) is 0 Å². The predicted octanol–water partition coefficient (Wildman–Crippen LogP) is 1.42. The highest BCUT2D eigenvalue weighted by atomic mass is 16.5. The minimum Gasteiger partial charge on any atom is -0.509 e. The van der Waals surface area contributed by atoms with Crippen molar-refractivity contribution in [1.29, 1.82) is 0 Å². The molecule has 3 heteroatoms. The Morgan fingerprint density at radius 3 is 2.50 bits per heavy atom. The Kier molecular flexibility index (Phi) is 2.89. The first kappa shape index (κ1) is 9.29. The van der Waals surface area contributed by atoms with E-state index in [9.17, 15) is 5.11 Å². The van der Waals surface area contributed by atoms with Crippen LogP contribution < -0.4 is 0 Å². The molecule has 0 amide bonds. The van der Waals surface area contributed by atoms with Gasteiger partial charge in [0.05, 0.1) is 0 Å². The molecule has 3 nitrogen and oxygen atoms in total. The van der Waals surface area contributed by atoms with Crippen molar-refractivity contribution in [3.05, 3.63) is 23.5 Å². The highest BCUT2D eigenvalue weighted by molar-refractivity contribution is 5.28. The van der Waals surface area contributed by atoms with E-state index < -0.39 is 0 Å². The zero-order valence-corrected chi connectivity index (χ0v) is 7.57. The maximum Gasteiger partial charge on any atom is 0.143 e. The van der Waals surface area contributed by atoms with Crippen molar-refractivity contribution in [2.75, 3.05) is 14.2 Å². The lowest BCUT2D eigenvalue weighted by atomic mass is 10.0. The van der Waals surface area contributed by atoms with Crippen molar-refractivity contribution in [1.82, 2.24) is 0 Å². The van der Waals surface area contributed by atoms with Crippen molar-refractivity contribution in [2.45, 2.75) is 19.1 Å². The molecule has 0 bridgehead atoms. The van der Waals surface area contributed by atoms with Gasteiger partial charge in [0, 0.05) is 14.2 Å². The summed E-state index contributed by atoms with van der Waals surface area (Å²) < 4.78 is 10.2. The van der Waals surface area contributed by atoms with Gasteiger partial charge in [0.2, 0.25) is 0 Å². The molecule has 0 saturated carbocycles. The van der Waals surface area contributed by atoms with Gasteiger partial charge in [-0.1, -0.05) is 0 Å². The van der Waals surface area contributed by atoms with Crippen molar-refractivity contribution in [3.63, 3.8) is 0 Å². The van der Waals surface area contributed by atoms with Crippen LogP contribution >= 0.6 is 0 Å². The molecule has 1 unspecified atom stereocenters. The maximum absolute atomic E-state index is 9.46. The lowest BCUT2D eigenvalue weighted by molar-refractivity contribution is -0.0131. The lowest BCUT2D eigenvalue weighted by Gasteiger charge is -2.25. The quantitative estimate of drug-likeness (QED) is 0.681. The van der Waals surface area contributed by atoms with E-state index in [0.717, 1.165) is 5.57 Å². The molecule has 0 aromatic carbocycles. The molecule has 1 N–H and O–H groups in total.